The highest BCUT2D eigenvalue weighted by atomic mass is 16.2. The van der Waals surface area contributed by atoms with E-state index in [0.717, 1.165) is 6.42 Å². The van der Waals surface area contributed by atoms with Crippen LogP contribution < -0.4 is 5.32 Å². The molecule has 16 heavy (non-hydrogen) atoms. The van der Waals surface area contributed by atoms with Crippen LogP contribution in [0.4, 0.5) is 0 Å². The first-order chi connectivity index (χ1) is 7.45. The molecule has 0 aliphatic carbocycles. The Kier molecular flexibility index (Phi) is 4.16. The molecule has 1 heterocycles. The molecule has 0 bridgehead atoms. The van der Waals surface area contributed by atoms with Crippen molar-refractivity contribution in [1.82, 2.24) is 9.88 Å². The molecule has 0 aromatic carbocycles. The molecule has 1 aromatic heterocycles. The third-order valence-electron chi connectivity index (χ3n) is 3.25. The summed E-state index contributed by atoms with van der Waals surface area (Å²) in [6.07, 6.45) is 3.01. The molecule has 0 fully saturated rings. The fraction of sp³-hybridized carbons (Fsp3) is 0.615. The second-order valence-corrected chi connectivity index (χ2v) is 4.53. The van der Waals surface area contributed by atoms with Crippen molar-refractivity contribution in [3.63, 3.8) is 0 Å². The lowest BCUT2D eigenvalue weighted by atomic mass is 10.2. The van der Waals surface area contributed by atoms with Gasteiger partial charge in [0.1, 0.15) is 6.54 Å². The zero-order chi connectivity index (χ0) is 12.3. The van der Waals surface area contributed by atoms with E-state index in [1.54, 1.807) is 0 Å². The summed E-state index contributed by atoms with van der Waals surface area (Å²) < 4.78 is 2.02. The van der Waals surface area contributed by atoms with Crippen molar-refractivity contribution in [2.75, 3.05) is 0 Å². The van der Waals surface area contributed by atoms with E-state index in [9.17, 15) is 4.79 Å². The fourth-order valence-corrected chi connectivity index (χ4v) is 1.67. The lowest BCUT2D eigenvalue weighted by Crippen LogP contribution is -2.34. The van der Waals surface area contributed by atoms with Crippen molar-refractivity contribution in [1.29, 1.82) is 0 Å². The quantitative estimate of drug-likeness (QED) is 0.833. The number of hydrogen-bond acceptors (Lipinski definition) is 1. The van der Waals surface area contributed by atoms with Gasteiger partial charge in [0, 0.05) is 17.9 Å². The standard InChI is InChI=1S/C13H22N2O/c1-6-10(3)14-13(16)8-15-7-9(2)11(4)12(15)5/h7,10H,6,8H2,1-5H3,(H,14,16). The third kappa shape index (κ3) is 2.87. The van der Waals surface area contributed by atoms with Crippen LogP contribution >= 0.6 is 0 Å². The van der Waals surface area contributed by atoms with Crippen molar-refractivity contribution in [2.24, 2.45) is 0 Å². The molecule has 0 saturated carbocycles. The molecule has 1 aromatic rings. The SMILES string of the molecule is CCC(C)NC(=O)Cn1cc(C)c(C)c1C. The van der Waals surface area contributed by atoms with Crippen LogP contribution in [0.15, 0.2) is 6.20 Å². The summed E-state index contributed by atoms with van der Waals surface area (Å²) in [7, 11) is 0. The Hall–Kier alpha value is -1.25. The van der Waals surface area contributed by atoms with Crippen molar-refractivity contribution < 1.29 is 4.79 Å². The number of aryl methyl sites for hydroxylation is 1. The van der Waals surface area contributed by atoms with Crippen LogP contribution in [0.5, 0.6) is 0 Å². The van der Waals surface area contributed by atoms with Crippen LogP contribution in [0.3, 0.4) is 0 Å². The smallest absolute Gasteiger partial charge is 0.240 e. The maximum atomic E-state index is 11.7. The zero-order valence-electron chi connectivity index (χ0n) is 10.9. The van der Waals surface area contributed by atoms with Crippen LogP contribution in [0.2, 0.25) is 0 Å². The van der Waals surface area contributed by atoms with Gasteiger partial charge in [-0.15, -0.1) is 0 Å². The highest BCUT2D eigenvalue weighted by Gasteiger charge is 2.10. The summed E-state index contributed by atoms with van der Waals surface area (Å²) in [5, 5.41) is 2.97. The minimum Gasteiger partial charge on any atom is -0.352 e. The van der Waals surface area contributed by atoms with Gasteiger partial charge in [0.15, 0.2) is 0 Å². The number of rotatable bonds is 4. The normalized spacial score (nSPS) is 12.6. The van der Waals surface area contributed by atoms with Crippen LogP contribution in [0, 0.1) is 20.8 Å². The molecule has 3 nitrogen and oxygen atoms in total. The molecule has 90 valence electrons. The van der Waals surface area contributed by atoms with E-state index >= 15 is 0 Å². The second kappa shape index (κ2) is 5.19. The van der Waals surface area contributed by atoms with E-state index < -0.39 is 0 Å². The summed E-state index contributed by atoms with van der Waals surface area (Å²) in [5.74, 6) is 0.0902. The predicted octanol–water partition coefficient (Wildman–Crippen LogP) is 2.33. The summed E-state index contributed by atoms with van der Waals surface area (Å²) in [6.45, 7) is 10.7. The first-order valence-electron chi connectivity index (χ1n) is 5.88. The molecular formula is C13H22N2O. The first kappa shape index (κ1) is 12.8. The summed E-state index contributed by atoms with van der Waals surface area (Å²) in [6, 6.07) is 0.255. The summed E-state index contributed by atoms with van der Waals surface area (Å²) >= 11 is 0. The minimum atomic E-state index is 0.0902. The third-order valence-corrected chi connectivity index (χ3v) is 3.25. The molecule has 1 rings (SSSR count). The van der Waals surface area contributed by atoms with Crippen molar-refractivity contribution >= 4 is 5.91 Å². The topological polar surface area (TPSA) is 34.0 Å². The Bertz CT molecular complexity index is 380. The number of carbonyl (C=O) groups is 1. The van der Waals surface area contributed by atoms with E-state index in [0.29, 0.717) is 6.54 Å². The van der Waals surface area contributed by atoms with Crippen LogP contribution in [-0.4, -0.2) is 16.5 Å². The van der Waals surface area contributed by atoms with Gasteiger partial charge < -0.3 is 9.88 Å². The van der Waals surface area contributed by atoms with Gasteiger partial charge in [0.2, 0.25) is 5.91 Å². The predicted molar refractivity (Wildman–Crippen MR) is 66.5 cm³/mol. The molecule has 0 radical (unpaired) electrons. The largest absolute Gasteiger partial charge is 0.352 e. The highest BCUT2D eigenvalue weighted by molar-refractivity contribution is 5.76. The van der Waals surface area contributed by atoms with E-state index in [1.165, 1.54) is 16.8 Å². The molecule has 1 atom stereocenters. The lowest BCUT2D eigenvalue weighted by Gasteiger charge is -2.12. The van der Waals surface area contributed by atoms with Gasteiger partial charge in [0.25, 0.3) is 0 Å². The Labute approximate surface area is 97.8 Å². The van der Waals surface area contributed by atoms with Crippen LogP contribution in [0.25, 0.3) is 0 Å². The maximum absolute atomic E-state index is 11.7. The average molecular weight is 222 g/mol. The number of hydrogen-bond donors (Lipinski definition) is 1. The van der Waals surface area contributed by atoms with Gasteiger partial charge in [-0.05, 0) is 45.2 Å². The molecule has 3 heteroatoms. The molecule has 0 spiro atoms. The molecule has 1 N–H and O–H groups in total. The highest BCUT2D eigenvalue weighted by Crippen LogP contribution is 2.14. The number of aromatic nitrogens is 1. The van der Waals surface area contributed by atoms with Crippen molar-refractivity contribution in [3.8, 4) is 0 Å². The first-order valence-corrected chi connectivity index (χ1v) is 5.88. The van der Waals surface area contributed by atoms with Gasteiger partial charge in [-0.2, -0.15) is 0 Å². The van der Waals surface area contributed by atoms with E-state index in [2.05, 4.69) is 33.0 Å². The summed E-state index contributed by atoms with van der Waals surface area (Å²) in [5.41, 5.74) is 3.70. The van der Waals surface area contributed by atoms with Gasteiger partial charge in [-0.1, -0.05) is 6.92 Å². The van der Waals surface area contributed by atoms with E-state index in [4.69, 9.17) is 0 Å². The number of nitrogens with one attached hydrogen (secondary N) is 1. The van der Waals surface area contributed by atoms with Crippen molar-refractivity contribution in [2.45, 2.75) is 53.6 Å². The lowest BCUT2D eigenvalue weighted by molar-refractivity contribution is -0.122. The van der Waals surface area contributed by atoms with Gasteiger partial charge >= 0.3 is 0 Å². The van der Waals surface area contributed by atoms with Crippen molar-refractivity contribution in [3.05, 3.63) is 23.0 Å². The number of amides is 1. The Morgan fingerprint density at radius 1 is 1.44 bits per heavy atom. The molecule has 1 unspecified atom stereocenters. The molecule has 0 saturated heterocycles. The molecule has 1 amide bonds. The van der Waals surface area contributed by atoms with Crippen LogP contribution in [-0.2, 0) is 11.3 Å². The zero-order valence-corrected chi connectivity index (χ0v) is 10.9. The van der Waals surface area contributed by atoms with Gasteiger partial charge in [-0.3, -0.25) is 4.79 Å². The number of carbonyl (C=O) groups excluding carboxylic acids is 1. The Morgan fingerprint density at radius 3 is 2.50 bits per heavy atom. The monoisotopic (exact) mass is 222 g/mol. The molecule has 0 aliphatic rings. The average Bonchev–Trinajstić information content (AvgIpc) is 2.46. The Morgan fingerprint density at radius 2 is 2.06 bits per heavy atom. The van der Waals surface area contributed by atoms with Crippen LogP contribution in [0.1, 0.15) is 37.1 Å². The fourth-order valence-electron chi connectivity index (χ4n) is 1.67. The van der Waals surface area contributed by atoms with Gasteiger partial charge in [0.05, 0.1) is 0 Å². The maximum Gasteiger partial charge on any atom is 0.240 e. The minimum absolute atomic E-state index is 0.0902. The Balaban J connectivity index is 2.66. The second-order valence-electron chi connectivity index (χ2n) is 4.53. The van der Waals surface area contributed by atoms with E-state index in [1.807, 2.05) is 17.7 Å². The summed E-state index contributed by atoms with van der Waals surface area (Å²) in [4.78, 5) is 11.7. The van der Waals surface area contributed by atoms with E-state index in [-0.39, 0.29) is 11.9 Å². The molecule has 0 aliphatic heterocycles. The molecular weight excluding hydrogens is 200 g/mol. The van der Waals surface area contributed by atoms with Gasteiger partial charge in [-0.25, -0.2) is 0 Å². The number of nitrogens with zero attached hydrogens (tertiary/aromatic N) is 1.